The van der Waals surface area contributed by atoms with Gasteiger partial charge in [-0.15, -0.1) is 0 Å². The zero-order chi connectivity index (χ0) is 48.4. The summed E-state index contributed by atoms with van der Waals surface area (Å²) in [5.41, 5.74) is 13.8. The van der Waals surface area contributed by atoms with Crippen LogP contribution in [0.5, 0.6) is 11.5 Å². The molecule has 5 nitrogen and oxygen atoms in total. The predicted octanol–water partition coefficient (Wildman–Crippen LogP) is 15.9. The Labute approximate surface area is 402 Å². The van der Waals surface area contributed by atoms with Crippen molar-refractivity contribution in [3.05, 3.63) is 224 Å². The minimum atomic E-state index is -1.47. The Bertz CT molecular complexity index is 3670. The predicted molar refractivity (Wildman–Crippen MR) is 280 cm³/mol. The van der Waals surface area contributed by atoms with Crippen LogP contribution in [0.4, 0.5) is 0 Å². The van der Waals surface area contributed by atoms with Gasteiger partial charge in [-0.3, -0.25) is 13.7 Å². The van der Waals surface area contributed by atoms with E-state index in [0.717, 1.165) is 83.4 Å². The van der Waals surface area contributed by atoms with E-state index in [1.165, 1.54) is 5.56 Å². The Kier molecular flexibility index (Phi) is 10.1. The monoisotopic (exact) mass is 884 g/mol. The summed E-state index contributed by atoms with van der Waals surface area (Å²) in [6.45, 7) is 12.5. The van der Waals surface area contributed by atoms with Crippen molar-refractivity contribution in [3.63, 3.8) is 0 Å². The van der Waals surface area contributed by atoms with E-state index in [0.29, 0.717) is 17.1 Å². The van der Waals surface area contributed by atoms with Crippen molar-refractivity contribution in [2.45, 2.75) is 53.3 Å². The Morgan fingerprint density at radius 2 is 1.21 bits per heavy atom. The van der Waals surface area contributed by atoms with Crippen LogP contribution in [0, 0.1) is 11.7 Å². The molecule has 0 amide bonds. The van der Waals surface area contributed by atoms with E-state index in [-0.39, 0.29) is 5.41 Å². The second-order valence-corrected chi connectivity index (χ2v) is 19.6. The third-order valence-corrected chi connectivity index (χ3v) is 12.6. The van der Waals surface area contributed by atoms with Gasteiger partial charge in [0.2, 0.25) is 0 Å². The number of benzene rings is 8. The van der Waals surface area contributed by atoms with Gasteiger partial charge in [0.05, 0.1) is 33.4 Å². The van der Waals surface area contributed by atoms with E-state index in [2.05, 4.69) is 199 Å². The summed E-state index contributed by atoms with van der Waals surface area (Å²) in [5, 5.41) is 2.16. The molecule has 8 aromatic carbocycles. The van der Waals surface area contributed by atoms with Crippen molar-refractivity contribution in [1.82, 2.24) is 14.1 Å². The van der Waals surface area contributed by atoms with E-state index in [1.54, 1.807) is 0 Å². The van der Waals surface area contributed by atoms with E-state index in [1.807, 2.05) is 69.4 Å². The van der Waals surface area contributed by atoms with E-state index in [9.17, 15) is 0 Å². The molecule has 0 spiro atoms. The van der Waals surface area contributed by atoms with Crippen LogP contribution in [-0.4, -0.2) is 14.1 Å². The minimum Gasteiger partial charge on any atom is -0.458 e. The highest BCUT2D eigenvalue weighted by Gasteiger charge is 2.22. The lowest BCUT2D eigenvalue weighted by molar-refractivity contribution is -0.571. The van der Waals surface area contributed by atoms with Crippen LogP contribution in [0.15, 0.2) is 206 Å². The molecule has 0 saturated carbocycles. The summed E-state index contributed by atoms with van der Waals surface area (Å²) in [7, 11) is 0. The number of pyridine rings is 1. The number of hydrogen-bond donors (Lipinski definition) is 0. The lowest BCUT2D eigenvalue weighted by Gasteiger charge is -2.20. The molecule has 3 heterocycles. The summed E-state index contributed by atoms with van der Waals surface area (Å²) in [6.07, 6.45) is 4.23. The number of fused-ring (bicyclic) bond motifs is 4. The molecule has 0 saturated heterocycles. The molecule has 11 rings (SSSR count). The molecule has 68 heavy (non-hydrogen) atoms. The quantitative estimate of drug-likeness (QED) is 0.107. The highest BCUT2D eigenvalue weighted by Crippen LogP contribution is 2.39. The zero-order valence-corrected chi connectivity index (χ0v) is 39.3. The molecule has 0 unspecified atom stereocenters. The Balaban J connectivity index is 1.01. The van der Waals surface area contributed by atoms with Crippen molar-refractivity contribution in [2.75, 3.05) is 0 Å². The van der Waals surface area contributed by atoms with Crippen LogP contribution in [-0.2, 0) is 11.8 Å². The van der Waals surface area contributed by atoms with Crippen molar-refractivity contribution in [3.8, 4) is 62.1 Å². The van der Waals surface area contributed by atoms with Crippen LogP contribution in [0.25, 0.3) is 83.4 Å². The molecule has 0 aliphatic heterocycles. The fourth-order valence-electron chi connectivity index (χ4n) is 9.40. The van der Waals surface area contributed by atoms with Crippen LogP contribution in [0.1, 0.15) is 55.4 Å². The average Bonchev–Trinajstić information content (AvgIpc) is 3.92. The maximum absolute atomic E-state index is 8.84. The summed E-state index contributed by atoms with van der Waals surface area (Å²) < 4.78 is 31.1. The Morgan fingerprint density at radius 1 is 0.544 bits per heavy atom. The SMILES string of the molecule is [2H]C([2H])(c1ccc(-c2ccc3c(c2)c2ccc(Oc4cccc(-n5[c-][n+](-c6c(-c7ccccc7)cccc6-c6ccccc6)c6ccccc65)c4)cc2n3-c2cc(C(C)(C)C)ccn2)cc1)C(C)(C)C. The third-order valence-electron chi connectivity index (χ3n) is 12.6. The lowest BCUT2D eigenvalue weighted by Crippen LogP contribution is -2.31. The standard InChI is InChI=1S/C63H54N4O/c1-62(2,3)41-43-27-29-44(30-28-43)47-31-34-56-55(37-47)54-33-32-51(40-59(54)67(56)60-38-48(35-36-64-60)63(4,5)6)68-50-22-15-21-49(39-50)65-42-66(58-26-14-13-25-57(58)65)61-52(45-17-9-7-10-18-45)23-16-24-53(61)46-19-11-8-12-20-46/h7-40H,41H2,1-6H3/i41D2. The number of hydrogen-bond acceptors (Lipinski definition) is 2. The second kappa shape index (κ2) is 17.0. The smallest absolute Gasteiger partial charge is 0.269 e. The Hall–Kier alpha value is -8.02. The maximum atomic E-state index is 8.84. The Morgan fingerprint density at radius 3 is 1.91 bits per heavy atom. The van der Waals surface area contributed by atoms with E-state index < -0.39 is 11.8 Å². The molecular weight excluding hydrogens is 829 g/mol. The van der Waals surface area contributed by atoms with Crippen molar-refractivity contribution in [1.29, 1.82) is 0 Å². The first-order chi connectivity index (χ1) is 33.7. The summed E-state index contributed by atoms with van der Waals surface area (Å²) in [6, 6.07) is 69.4. The molecule has 3 aromatic heterocycles. The van der Waals surface area contributed by atoms with Gasteiger partial charge in [-0.1, -0.05) is 181 Å². The largest absolute Gasteiger partial charge is 0.458 e. The second-order valence-electron chi connectivity index (χ2n) is 19.6. The minimum absolute atomic E-state index is 0.0745. The number of ether oxygens (including phenoxy) is 1. The molecule has 0 N–H and O–H groups in total. The molecular formula is C63H54N4O. The van der Waals surface area contributed by atoms with Gasteiger partial charge < -0.3 is 4.74 Å². The highest BCUT2D eigenvalue weighted by molar-refractivity contribution is 6.10. The first kappa shape index (κ1) is 40.3. The van der Waals surface area contributed by atoms with Gasteiger partial charge >= 0.3 is 0 Å². The fraction of sp³-hybridized carbons (Fsp3) is 0.143. The normalized spacial score (nSPS) is 12.7. The topological polar surface area (TPSA) is 35.9 Å². The molecule has 332 valence electrons. The van der Waals surface area contributed by atoms with Gasteiger partial charge in [0.1, 0.15) is 17.3 Å². The molecule has 0 atom stereocenters. The first-order valence-corrected chi connectivity index (χ1v) is 23.4. The molecule has 0 aliphatic rings. The number of rotatable bonds is 9. The van der Waals surface area contributed by atoms with Gasteiger partial charge in [0, 0.05) is 25.8 Å². The van der Waals surface area contributed by atoms with E-state index in [4.69, 9.17) is 12.5 Å². The van der Waals surface area contributed by atoms with Crippen molar-refractivity contribution < 1.29 is 12.0 Å². The number of aromatic nitrogens is 4. The van der Waals surface area contributed by atoms with Gasteiger partial charge in [0.25, 0.3) is 6.33 Å². The molecule has 0 aliphatic carbocycles. The van der Waals surface area contributed by atoms with E-state index >= 15 is 0 Å². The first-order valence-electron chi connectivity index (χ1n) is 24.4. The number of para-hydroxylation sites is 3. The van der Waals surface area contributed by atoms with Crippen LogP contribution in [0.2, 0.25) is 0 Å². The van der Waals surface area contributed by atoms with Gasteiger partial charge in [-0.25, -0.2) is 4.98 Å². The van der Waals surface area contributed by atoms with Crippen molar-refractivity contribution >= 4 is 32.8 Å². The average molecular weight is 885 g/mol. The molecule has 5 heteroatoms. The van der Waals surface area contributed by atoms with Crippen molar-refractivity contribution in [2.24, 2.45) is 5.41 Å². The van der Waals surface area contributed by atoms with Gasteiger partial charge in [-0.2, -0.15) is 0 Å². The van der Waals surface area contributed by atoms with Crippen LogP contribution < -0.4 is 9.30 Å². The lowest BCUT2D eigenvalue weighted by atomic mass is 9.87. The third kappa shape index (κ3) is 8.15. The summed E-state index contributed by atoms with van der Waals surface area (Å²) in [5.74, 6) is 2.23. The summed E-state index contributed by atoms with van der Waals surface area (Å²) in [4.78, 5) is 4.96. The zero-order valence-electron chi connectivity index (χ0n) is 41.3. The van der Waals surface area contributed by atoms with Gasteiger partial charge in [-0.05, 0) is 116 Å². The molecule has 0 bridgehead atoms. The highest BCUT2D eigenvalue weighted by atomic mass is 16.5. The number of nitrogens with zero attached hydrogens (tertiary/aromatic N) is 4. The van der Waals surface area contributed by atoms with Crippen LogP contribution in [0.3, 0.4) is 0 Å². The fourth-order valence-corrected chi connectivity index (χ4v) is 9.40. The molecule has 0 fully saturated rings. The molecule has 0 radical (unpaired) electrons. The summed E-state index contributed by atoms with van der Waals surface area (Å²) >= 11 is 0. The van der Waals surface area contributed by atoms with Gasteiger partial charge in [0.15, 0.2) is 0 Å². The van der Waals surface area contributed by atoms with Crippen LogP contribution >= 0.6 is 0 Å². The number of imidazole rings is 1. The molecule has 11 aromatic rings. The maximum Gasteiger partial charge on any atom is 0.269 e.